The normalized spacial score (nSPS) is 12.8. The number of nitrogens with zero attached hydrogens (tertiary/aromatic N) is 1. The summed E-state index contributed by atoms with van der Waals surface area (Å²) in [5.74, 6) is 0.169. The number of carbonyl (C=O) groups excluding carboxylic acids is 1. The Morgan fingerprint density at radius 1 is 1.20 bits per heavy atom. The van der Waals surface area contributed by atoms with E-state index in [1.807, 2.05) is 0 Å². The first-order valence-electron chi connectivity index (χ1n) is 6.52. The van der Waals surface area contributed by atoms with E-state index in [9.17, 15) is 13.2 Å². The van der Waals surface area contributed by atoms with Gasteiger partial charge in [0.2, 0.25) is 10.0 Å². The van der Waals surface area contributed by atoms with E-state index in [0.717, 1.165) is 17.7 Å². The van der Waals surface area contributed by atoms with E-state index >= 15 is 0 Å². The van der Waals surface area contributed by atoms with E-state index in [4.69, 9.17) is 0 Å². The summed E-state index contributed by atoms with van der Waals surface area (Å²) in [6.07, 6.45) is 2.33. The molecule has 1 heterocycles. The van der Waals surface area contributed by atoms with Gasteiger partial charge in [-0.2, -0.15) is 0 Å². The van der Waals surface area contributed by atoms with Crippen molar-refractivity contribution in [2.45, 2.75) is 25.7 Å². The third kappa shape index (κ3) is 3.19. The number of carbonyl (C=O) groups is 1. The first-order valence-corrected chi connectivity index (χ1v) is 11.8. The molecule has 0 fully saturated rings. The van der Waals surface area contributed by atoms with E-state index in [-0.39, 0.29) is 5.75 Å². The molecule has 0 bridgehead atoms. The molecule has 0 aliphatic carbocycles. The van der Waals surface area contributed by atoms with Crippen molar-refractivity contribution in [3.63, 3.8) is 0 Å². The molecular formula is C14H19NO3SSi. The van der Waals surface area contributed by atoms with Gasteiger partial charge in [-0.1, -0.05) is 19.6 Å². The molecule has 0 amide bonds. The topological polar surface area (TPSA) is 56.1 Å². The number of rotatable bonds is 5. The zero-order chi connectivity index (χ0) is 15.0. The third-order valence-electron chi connectivity index (χ3n) is 3.22. The minimum absolute atomic E-state index is 0.169. The summed E-state index contributed by atoms with van der Waals surface area (Å²) in [4.78, 5) is 10.7. The van der Waals surface area contributed by atoms with Crippen LogP contribution in [-0.4, -0.2) is 32.5 Å². The Kier molecular flexibility index (Phi) is 3.88. The molecule has 1 aromatic heterocycles. The second kappa shape index (κ2) is 5.18. The van der Waals surface area contributed by atoms with Crippen molar-refractivity contribution in [1.82, 2.24) is 3.97 Å². The number of hydrogen-bond donors (Lipinski definition) is 0. The Bertz CT molecular complexity index is 741. The highest BCUT2D eigenvalue weighted by molar-refractivity contribution is 7.90. The monoisotopic (exact) mass is 309 g/mol. The van der Waals surface area contributed by atoms with Crippen molar-refractivity contribution < 1.29 is 13.2 Å². The van der Waals surface area contributed by atoms with Crippen LogP contribution in [0.4, 0.5) is 0 Å². The van der Waals surface area contributed by atoms with Gasteiger partial charge in [-0.3, -0.25) is 4.79 Å². The van der Waals surface area contributed by atoms with Gasteiger partial charge in [-0.05, 0) is 30.3 Å². The van der Waals surface area contributed by atoms with Gasteiger partial charge in [0, 0.05) is 25.2 Å². The second-order valence-electron chi connectivity index (χ2n) is 6.17. The van der Waals surface area contributed by atoms with E-state index < -0.39 is 18.1 Å². The molecule has 0 radical (unpaired) electrons. The summed E-state index contributed by atoms with van der Waals surface area (Å²) in [6, 6.07) is 7.49. The van der Waals surface area contributed by atoms with Crippen LogP contribution >= 0.6 is 0 Å². The lowest BCUT2D eigenvalue weighted by molar-refractivity contribution is 0.112. The fourth-order valence-corrected chi connectivity index (χ4v) is 6.38. The summed E-state index contributed by atoms with van der Waals surface area (Å²) in [6.45, 7) is 6.48. The smallest absolute Gasteiger partial charge is 0.238 e. The lowest BCUT2D eigenvalue weighted by Gasteiger charge is -2.16. The minimum Gasteiger partial charge on any atom is -0.298 e. The van der Waals surface area contributed by atoms with Gasteiger partial charge in [0.25, 0.3) is 0 Å². The number of benzene rings is 1. The number of aldehydes is 1. The molecule has 6 heteroatoms. The van der Waals surface area contributed by atoms with E-state index in [1.54, 1.807) is 30.5 Å². The molecule has 1 aromatic carbocycles. The Balaban J connectivity index is 2.40. The van der Waals surface area contributed by atoms with Crippen LogP contribution in [0.1, 0.15) is 10.4 Å². The molecule has 108 valence electrons. The molecule has 0 aliphatic rings. The summed E-state index contributed by atoms with van der Waals surface area (Å²) in [5, 5.41) is 0.770. The molecule has 2 aromatic rings. The van der Waals surface area contributed by atoms with Crippen LogP contribution in [0.15, 0.2) is 30.5 Å². The van der Waals surface area contributed by atoms with Gasteiger partial charge in [0.1, 0.15) is 6.29 Å². The van der Waals surface area contributed by atoms with Gasteiger partial charge in [0.05, 0.1) is 11.3 Å². The number of fused-ring (bicyclic) bond motifs is 1. The zero-order valence-electron chi connectivity index (χ0n) is 12.0. The summed E-state index contributed by atoms with van der Waals surface area (Å²) < 4.78 is 26.2. The van der Waals surface area contributed by atoms with Crippen LogP contribution in [0.25, 0.3) is 10.9 Å². The number of aromatic nitrogens is 1. The standard InChI is InChI=1S/C14H19NO3SSi/c1-20(2,3)9-8-19(17,18)15-7-6-13-10-12(11-16)4-5-14(13)15/h4-7,10-11H,8-9H2,1-3H3. The highest BCUT2D eigenvalue weighted by Crippen LogP contribution is 2.20. The van der Waals surface area contributed by atoms with Gasteiger partial charge in [-0.25, -0.2) is 12.4 Å². The highest BCUT2D eigenvalue weighted by Gasteiger charge is 2.21. The van der Waals surface area contributed by atoms with Crippen LogP contribution in [0.5, 0.6) is 0 Å². The molecule has 0 N–H and O–H groups in total. The van der Waals surface area contributed by atoms with Crippen molar-refractivity contribution in [3.05, 3.63) is 36.0 Å². The SMILES string of the molecule is C[Si](C)(C)CCS(=O)(=O)n1ccc2cc(C=O)ccc21. The lowest BCUT2D eigenvalue weighted by Crippen LogP contribution is -2.26. The van der Waals surface area contributed by atoms with Crippen molar-refractivity contribution in [3.8, 4) is 0 Å². The maximum atomic E-state index is 12.4. The van der Waals surface area contributed by atoms with Gasteiger partial charge in [-0.15, -0.1) is 0 Å². The molecule has 0 aliphatic heterocycles. The second-order valence-corrected chi connectivity index (χ2v) is 13.8. The predicted molar refractivity (Wildman–Crippen MR) is 84.7 cm³/mol. The van der Waals surface area contributed by atoms with E-state index in [1.165, 1.54) is 3.97 Å². The fourth-order valence-electron chi connectivity index (χ4n) is 1.98. The van der Waals surface area contributed by atoms with Crippen molar-refractivity contribution >= 4 is 35.3 Å². The molecule has 4 nitrogen and oxygen atoms in total. The van der Waals surface area contributed by atoms with Crippen LogP contribution in [0.3, 0.4) is 0 Å². The molecule has 0 atom stereocenters. The van der Waals surface area contributed by atoms with E-state index in [0.29, 0.717) is 11.1 Å². The van der Waals surface area contributed by atoms with E-state index in [2.05, 4.69) is 19.6 Å². The van der Waals surface area contributed by atoms with Crippen LogP contribution in [0.2, 0.25) is 25.7 Å². The molecule has 0 unspecified atom stereocenters. The van der Waals surface area contributed by atoms with Crippen molar-refractivity contribution in [2.24, 2.45) is 0 Å². The molecule has 0 saturated heterocycles. The molecule has 0 spiro atoms. The Morgan fingerprint density at radius 2 is 1.90 bits per heavy atom. The summed E-state index contributed by atoms with van der Waals surface area (Å²) in [5.41, 5.74) is 1.18. The predicted octanol–water partition coefficient (Wildman–Crippen LogP) is 2.97. The Labute approximate surface area is 120 Å². The lowest BCUT2D eigenvalue weighted by atomic mass is 10.2. The van der Waals surface area contributed by atoms with Crippen LogP contribution in [0, 0.1) is 0 Å². The molecule has 2 rings (SSSR count). The van der Waals surface area contributed by atoms with Crippen molar-refractivity contribution in [2.75, 3.05) is 5.75 Å². The van der Waals surface area contributed by atoms with Gasteiger partial charge >= 0.3 is 0 Å². The fraction of sp³-hybridized carbons (Fsp3) is 0.357. The summed E-state index contributed by atoms with van der Waals surface area (Å²) in [7, 11) is -4.73. The minimum atomic E-state index is -3.33. The average molecular weight is 309 g/mol. The molecule has 0 saturated carbocycles. The zero-order valence-corrected chi connectivity index (χ0v) is 13.8. The third-order valence-corrected chi connectivity index (χ3v) is 6.97. The van der Waals surface area contributed by atoms with Gasteiger partial charge in [0.15, 0.2) is 0 Å². The first-order chi connectivity index (χ1) is 9.23. The molecular weight excluding hydrogens is 290 g/mol. The van der Waals surface area contributed by atoms with Crippen LogP contribution in [-0.2, 0) is 10.0 Å². The van der Waals surface area contributed by atoms with Crippen LogP contribution < -0.4 is 0 Å². The summed E-state index contributed by atoms with van der Waals surface area (Å²) >= 11 is 0. The maximum absolute atomic E-state index is 12.4. The van der Waals surface area contributed by atoms with Gasteiger partial charge < -0.3 is 0 Å². The Morgan fingerprint density at radius 3 is 2.50 bits per heavy atom. The largest absolute Gasteiger partial charge is 0.298 e. The Hall–Kier alpha value is -1.40. The number of hydrogen-bond acceptors (Lipinski definition) is 3. The van der Waals surface area contributed by atoms with Crippen molar-refractivity contribution in [1.29, 1.82) is 0 Å². The quantitative estimate of drug-likeness (QED) is 0.630. The first kappa shape index (κ1) is 15.0. The maximum Gasteiger partial charge on any atom is 0.238 e. The molecule has 20 heavy (non-hydrogen) atoms. The average Bonchev–Trinajstić information content (AvgIpc) is 2.79. The highest BCUT2D eigenvalue weighted by atomic mass is 32.2.